The van der Waals surface area contributed by atoms with Gasteiger partial charge < -0.3 is 15.2 Å². The molecular weight excluding hydrogens is 199 g/mol. The molecule has 0 aromatic heterocycles. The van der Waals surface area contributed by atoms with Crippen molar-refractivity contribution in [2.75, 3.05) is 32.9 Å². The van der Waals surface area contributed by atoms with Crippen LogP contribution in [-0.2, 0) is 4.74 Å². The van der Waals surface area contributed by atoms with E-state index >= 15 is 0 Å². The molecule has 1 aliphatic heterocycles. The van der Waals surface area contributed by atoms with Crippen LogP contribution < -0.4 is 5.32 Å². The molecule has 0 aliphatic carbocycles. The van der Waals surface area contributed by atoms with Crippen molar-refractivity contribution in [3.63, 3.8) is 0 Å². The Morgan fingerprint density at radius 1 is 1.43 bits per heavy atom. The zero-order valence-electron chi connectivity index (χ0n) is 7.73. The fourth-order valence-corrected chi connectivity index (χ4v) is 1.48. The number of ether oxygens (including phenoxy) is 1. The van der Waals surface area contributed by atoms with Crippen molar-refractivity contribution in [3.8, 4) is 0 Å². The summed E-state index contributed by atoms with van der Waals surface area (Å²) in [7, 11) is 0. The van der Waals surface area contributed by atoms with E-state index in [1.807, 2.05) is 0 Å². The quantitative estimate of drug-likeness (QED) is 0.716. The number of alkyl halides is 3. The van der Waals surface area contributed by atoms with Crippen LogP contribution in [0.2, 0.25) is 0 Å². The number of rotatable bonds is 4. The van der Waals surface area contributed by atoms with Crippen molar-refractivity contribution < 1.29 is 23.0 Å². The number of nitrogens with one attached hydrogen (secondary N) is 1. The second-order valence-electron chi connectivity index (χ2n) is 3.69. The van der Waals surface area contributed by atoms with Gasteiger partial charge in [0.15, 0.2) is 0 Å². The molecule has 0 bridgehead atoms. The minimum atomic E-state index is -4.29. The largest absolute Gasteiger partial charge is 0.411 e. The first-order chi connectivity index (χ1) is 6.47. The smallest absolute Gasteiger partial charge is 0.396 e. The van der Waals surface area contributed by atoms with E-state index in [2.05, 4.69) is 10.1 Å². The summed E-state index contributed by atoms with van der Waals surface area (Å²) in [6.45, 7) is -0.195. The van der Waals surface area contributed by atoms with Crippen molar-refractivity contribution in [1.82, 2.24) is 5.32 Å². The van der Waals surface area contributed by atoms with Gasteiger partial charge in [0.25, 0.3) is 0 Å². The Bertz CT molecular complexity index is 178. The van der Waals surface area contributed by atoms with Gasteiger partial charge in [0, 0.05) is 12.0 Å². The molecule has 1 saturated heterocycles. The minimum Gasteiger partial charge on any atom is -0.396 e. The van der Waals surface area contributed by atoms with E-state index in [0.717, 1.165) is 6.54 Å². The lowest BCUT2D eigenvalue weighted by molar-refractivity contribution is -0.181. The van der Waals surface area contributed by atoms with E-state index < -0.39 is 18.2 Å². The highest BCUT2D eigenvalue weighted by Gasteiger charge is 2.35. The monoisotopic (exact) mass is 213 g/mol. The summed E-state index contributed by atoms with van der Waals surface area (Å²) in [4.78, 5) is 0. The fraction of sp³-hybridized carbons (Fsp3) is 1.00. The van der Waals surface area contributed by atoms with E-state index in [9.17, 15) is 13.2 Å². The Kier molecular flexibility index (Phi) is 3.74. The molecule has 1 rings (SSSR count). The van der Waals surface area contributed by atoms with E-state index in [1.54, 1.807) is 0 Å². The summed E-state index contributed by atoms with van der Waals surface area (Å²) in [5, 5.41) is 12.0. The van der Waals surface area contributed by atoms with Crippen molar-refractivity contribution in [2.45, 2.75) is 12.6 Å². The van der Waals surface area contributed by atoms with Crippen LogP contribution in [-0.4, -0.2) is 44.2 Å². The lowest BCUT2D eigenvalue weighted by Gasteiger charge is -2.25. The second-order valence-corrected chi connectivity index (χ2v) is 3.69. The van der Waals surface area contributed by atoms with E-state index in [0.29, 0.717) is 13.0 Å². The molecule has 14 heavy (non-hydrogen) atoms. The Morgan fingerprint density at radius 2 is 2.14 bits per heavy atom. The molecule has 0 radical (unpaired) electrons. The molecule has 0 amide bonds. The van der Waals surface area contributed by atoms with Gasteiger partial charge in [0.1, 0.15) is 6.61 Å². The molecule has 0 aromatic carbocycles. The van der Waals surface area contributed by atoms with E-state index in [1.165, 1.54) is 0 Å². The minimum absolute atomic E-state index is 0.0456. The third-order valence-corrected chi connectivity index (χ3v) is 2.34. The molecular formula is C8H14F3NO2. The molecule has 0 aromatic rings. The molecule has 0 spiro atoms. The molecule has 1 heterocycles. The molecule has 1 atom stereocenters. The van der Waals surface area contributed by atoms with Gasteiger partial charge >= 0.3 is 6.18 Å². The lowest BCUT2D eigenvalue weighted by Crippen LogP contribution is -2.35. The van der Waals surface area contributed by atoms with Crippen LogP contribution in [0.3, 0.4) is 0 Å². The number of aliphatic hydroxyl groups excluding tert-OH is 1. The van der Waals surface area contributed by atoms with Crippen LogP contribution in [0.15, 0.2) is 0 Å². The molecule has 1 fully saturated rings. The summed E-state index contributed by atoms with van der Waals surface area (Å²) in [5.41, 5.74) is -0.523. The summed E-state index contributed by atoms with van der Waals surface area (Å²) in [6, 6.07) is 0. The van der Waals surface area contributed by atoms with Crippen LogP contribution in [0.5, 0.6) is 0 Å². The van der Waals surface area contributed by atoms with Gasteiger partial charge in [-0.1, -0.05) is 0 Å². The average Bonchev–Trinajstić information content (AvgIpc) is 2.52. The maximum Gasteiger partial charge on any atom is 0.411 e. The SMILES string of the molecule is OCC1(COCC(F)(F)F)CCNC1. The zero-order chi connectivity index (χ0) is 10.7. The van der Waals surface area contributed by atoms with Crippen LogP contribution in [0.25, 0.3) is 0 Å². The first-order valence-corrected chi connectivity index (χ1v) is 4.44. The Balaban J connectivity index is 2.28. The average molecular weight is 213 g/mol. The van der Waals surface area contributed by atoms with Gasteiger partial charge in [0.2, 0.25) is 0 Å². The summed E-state index contributed by atoms with van der Waals surface area (Å²) in [5.74, 6) is 0. The van der Waals surface area contributed by atoms with Gasteiger partial charge in [-0.15, -0.1) is 0 Å². The molecule has 3 nitrogen and oxygen atoms in total. The van der Waals surface area contributed by atoms with Crippen molar-refractivity contribution in [1.29, 1.82) is 0 Å². The van der Waals surface area contributed by atoms with E-state index in [-0.39, 0.29) is 13.2 Å². The predicted octanol–water partition coefficient (Wildman–Crippen LogP) is 0.537. The molecule has 6 heteroatoms. The van der Waals surface area contributed by atoms with Crippen molar-refractivity contribution in [3.05, 3.63) is 0 Å². The fourth-order valence-electron chi connectivity index (χ4n) is 1.48. The van der Waals surface area contributed by atoms with Gasteiger partial charge in [-0.05, 0) is 13.0 Å². The highest BCUT2D eigenvalue weighted by molar-refractivity contribution is 4.87. The van der Waals surface area contributed by atoms with Crippen LogP contribution in [0.4, 0.5) is 13.2 Å². The highest BCUT2D eigenvalue weighted by Crippen LogP contribution is 2.26. The maximum atomic E-state index is 11.8. The zero-order valence-corrected chi connectivity index (χ0v) is 7.73. The number of halogens is 3. The topological polar surface area (TPSA) is 41.5 Å². The van der Waals surface area contributed by atoms with Gasteiger partial charge in [-0.3, -0.25) is 0 Å². The predicted molar refractivity (Wildman–Crippen MR) is 43.9 cm³/mol. The highest BCUT2D eigenvalue weighted by atomic mass is 19.4. The molecule has 1 aliphatic rings. The van der Waals surface area contributed by atoms with Crippen LogP contribution in [0.1, 0.15) is 6.42 Å². The second kappa shape index (κ2) is 4.46. The van der Waals surface area contributed by atoms with Crippen LogP contribution in [0, 0.1) is 5.41 Å². The Labute approximate surface area is 80.2 Å². The third kappa shape index (κ3) is 3.43. The first-order valence-electron chi connectivity index (χ1n) is 4.44. The number of aliphatic hydroxyl groups is 1. The van der Waals surface area contributed by atoms with Gasteiger partial charge in [-0.25, -0.2) is 0 Å². The number of hydrogen-bond donors (Lipinski definition) is 2. The number of hydrogen-bond acceptors (Lipinski definition) is 3. The molecule has 84 valence electrons. The normalized spacial score (nSPS) is 28.3. The van der Waals surface area contributed by atoms with Crippen LogP contribution >= 0.6 is 0 Å². The van der Waals surface area contributed by atoms with Gasteiger partial charge in [0.05, 0.1) is 13.2 Å². The molecule has 2 N–H and O–H groups in total. The van der Waals surface area contributed by atoms with Crippen molar-refractivity contribution >= 4 is 0 Å². The summed E-state index contributed by atoms with van der Waals surface area (Å²) >= 11 is 0. The third-order valence-electron chi connectivity index (χ3n) is 2.34. The van der Waals surface area contributed by atoms with Crippen molar-refractivity contribution in [2.24, 2.45) is 5.41 Å². The standard InChI is InChI=1S/C8H14F3NO2/c9-8(10,11)6-14-5-7(4-13)1-2-12-3-7/h12-13H,1-6H2. The Hall–Kier alpha value is -0.330. The first kappa shape index (κ1) is 11.7. The Morgan fingerprint density at radius 3 is 2.57 bits per heavy atom. The maximum absolute atomic E-state index is 11.8. The molecule has 0 saturated carbocycles. The summed E-state index contributed by atoms with van der Waals surface area (Å²) < 4.78 is 39.8. The van der Waals surface area contributed by atoms with Gasteiger partial charge in [-0.2, -0.15) is 13.2 Å². The summed E-state index contributed by atoms with van der Waals surface area (Å²) in [6.07, 6.45) is -3.63. The van der Waals surface area contributed by atoms with E-state index in [4.69, 9.17) is 5.11 Å². The molecule has 1 unspecified atom stereocenters. The lowest BCUT2D eigenvalue weighted by atomic mass is 9.89.